The molecule has 0 unspecified atom stereocenters. The number of benzene rings is 1. The summed E-state index contributed by atoms with van der Waals surface area (Å²) in [4.78, 5) is 12.7. The number of anilines is 1. The molecule has 0 aliphatic heterocycles. The number of nitrogens with zero attached hydrogens (tertiary/aromatic N) is 2. The van der Waals surface area contributed by atoms with Crippen LogP contribution in [0.15, 0.2) is 24.3 Å². The molecule has 0 bridgehead atoms. The monoisotopic (exact) mass is 427 g/mol. The second-order valence-electron chi connectivity index (χ2n) is 8.66. The van der Waals surface area contributed by atoms with Gasteiger partial charge in [-0.05, 0) is 30.9 Å². The maximum absolute atomic E-state index is 13.3. The van der Waals surface area contributed by atoms with Crippen LogP contribution < -0.4 is 5.32 Å². The van der Waals surface area contributed by atoms with Crippen molar-refractivity contribution in [1.29, 1.82) is 0 Å². The van der Waals surface area contributed by atoms with Crippen LogP contribution in [0.3, 0.4) is 0 Å². The van der Waals surface area contributed by atoms with Crippen molar-refractivity contribution >= 4 is 11.7 Å². The third-order valence-electron chi connectivity index (χ3n) is 6.16. The highest BCUT2D eigenvalue weighted by Crippen LogP contribution is 2.52. The maximum atomic E-state index is 13.3. The molecule has 2 aromatic rings. The van der Waals surface area contributed by atoms with Gasteiger partial charge in [0.15, 0.2) is 5.82 Å². The average molecular weight is 427 g/mol. The number of nitrogens with one attached hydrogen (secondary N) is 1. The first-order valence-electron chi connectivity index (χ1n) is 9.83. The Bertz CT molecular complexity index is 966. The minimum absolute atomic E-state index is 0.113. The second kappa shape index (κ2) is 6.78. The number of alkyl halides is 5. The van der Waals surface area contributed by atoms with Gasteiger partial charge in [0, 0.05) is 31.0 Å². The highest BCUT2D eigenvalue weighted by molar-refractivity contribution is 5.96. The summed E-state index contributed by atoms with van der Waals surface area (Å²) in [5, 5.41) is 7.11. The molecule has 1 aromatic heterocycles. The fraction of sp³-hybridized carbons (Fsp3) is 0.524. The minimum Gasteiger partial charge on any atom is -0.308 e. The van der Waals surface area contributed by atoms with Crippen molar-refractivity contribution in [3.63, 3.8) is 0 Å². The number of aromatic nitrogens is 2. The van der Waals surface area contributed by atoms with Crippen LogP contribution in [0, 0.1) is 5.41 Å². The first-order chi connectivity index (χ1) is 13.9. The van der Waals surface area contributed by atoms with E-state index in [2.05, 4.69) is 10.4 Å². The lowest BCUT2D eigenvalue weighted by Gasteiger charge is -2.43. The minimum atomic E-state index is -4.43. The number of halogens is 5. The Kier molecular flexibility index (Phi) is 4.70. The third kappa shape index (κ3) is 3.58. The highest BCUT2D eigenvalue weighted by atomic mass is 19.4. The number of carbonyl (C=O) groups excluding carboxylic acids is 1. The van der Waals surface area contributed by atoms with Gasteiger partial charge in [0.1, 0.15) is 0 Å². The molecule has 0 saturated heterocycles. The fourth-order valence-corrected chi connectivity index (χ4v) is 4.38. The van der Waals surface area contributed by atoms with E-state index in [0.29, 0.717) is 17.1 Å². The Morgan fingerprint density at radius 2 is 1.77 bits per heavy atom. The molecule has 1 amide bonds. The smallest absolute Gasteiger partial charge is 0.308 e. The van der Waals surface area contributed by atoms with Gasteiger partial charge in [-0.3, -0.25) is 9.48 Å². The summed E-state index contributed by atoms with van der Waals surface area (Å²) in [6.45, 7) is 1.50. The lowest BCUT2D eigenvalue weighted by molar-refractivity contribution is -0.170. The van der Waals surface area contributed by atoms with E-state index in [0.717, 1.165) is 37.0 Å². The molecular formula is C21H22F5N3O. The van der Waals surface area contributed by atoms with E-state index in [1.54, 1.807) is 7.05 Å². The van der Waals surface area contributed by atoms with Gasteiger partial charge in [-0.1, -0.05) is 25.5 Å². The van der Waals surface area contributed by atoms with Crippen LogP contribution in [0.25, 0.3) is 11.3 Å². The van der Waals surface area contributed by atoms with Gasteiger partial charge in [-0.25, -0.2) is 8.78 Å². The van der Waals surface area contributed by atoms with E-state index in [1.807, 2.05) is 0 Å². The molecule has 1 N–H and O–H groups in total. The van der Waals surface area contributed by atoms with Crippen molar-refractivity contribution in [3.05, 3.63) is 35.4 Å². The quantitative estimate of drug-likeness (QED) is 0.632. The second-order valence-corrected chi connectivity index (χ2v) is 8.66. The highest BCUT2D eigenvalue weighted by Gasteiger charge is 2.58. The fourth-order valence-electron chi connectivity index (χ4n) is 4.38. The molecule has 1 heterocycles. The standard InChI is InChI=1S/C21H22F5N3O/c1-19(10-20(22,23)11-19)18(30)27-17-15(12-4-3-5-12)16(29(2)28-17)13-6-8-14(9-7-13)21(24,25)26/h6-9,12H,3-5,10-11H2,1-2H3,(H,27,28,30). The normalized spacial score (nSPS) is 20.4. The number of aryl methyl sites for hydroxylation is 1. The Hall–Kier alpha value is -2.45. The molecule has 2 saturated carbocycles. The molecule has 9 heteroatoms. The SMILES string of the molecule is Cn1nc(NC(=O)C2(C)CC(F)(F)C2)c(C2CCC2)c1-c1ccc(C(F)(F)F)cc1. The zero-order valence-corrected chi connectivity index (χ0v) is 16.6. The van der Waals surface area contributed by atoms with Gasteiger partial charge in [-0.15, -0.1) is 0 Å². The Balaban J connectivity index is 1.67. The zero-order chi connectivity index (χ0) is 21.9. The maximum Gasteiger partial charge on any atom is 0.416 e. The lowest BCUT2D eigenvalue weighted by atomic mass is 9.67. The van der Waals surface area contributed by atoms with Crippen molar-refractivity contribution in [2.75, 3.05) is 5.32 Å². The van der Waals surface area contributed by atoms with Crippen molar-refractivity contribution < 1.29 is 26.7 Å². The molecule has 1 aromatic carbocycles. The molecule has 2 aliphatic rings. The van der Waals surface area contributed by atoms with E-state index in [9.17, 15) is 26.7 Å². The summed E-state index contributed by atoms with van der Waals surface area (Å²) in [5.74, 6) is -2.93. The summed E-state index contributed by atoms with van der Waals surface area (Å²) in [5.41, 5.74) is 0.0407. The summed E-state index contributed by atoms with van der Waals surface area (Å²) < 4.78 is 66.9. The lowest BCUT2D eigenvalue weighted by Crippen LogP contribution is -2.51. The summed E-state index contributed by atoms with van der Waals surface area (Å²) >= 11 is 0. The average Bonchev–Trinajstić information content (AvgIpc) is 2.86. The number of amides is 1. The van der Waals surface area contributed by atoms with Crippen LogP contribution in [0.4, 0.5) is 27.8 Å². The Morgan fingerprint density at radius 3 is 2.23 bits per heavy atom. The predicted octanol–water partition coefficient (Wildman–Crippen LogP) is 5.75. The molecule has 0 radical (unpaired) electrons. The van der Waals surface area contributed by atoms with E-state index in [4.69, 9.17) is 0 Å². The molecule has 4 nitrogen and oxygen atoms in total. The van der Waals surface area contributed by atoms with Crippen LogP contribution in [0.1, 0.15) is 56.1 Å². The number of hydrogen-bond donors (Lipinski definition) is 1. The van der Waals surface area contributed by atoms with Crippen LogP contribution in [0.2, 0.25) is 0 Å². The van der Waals surface area contributed by atoms with Crippen LogP contribution >= 0.6 is 0 Å². The van der Waals surface area contributed by atoms with Crippen LogP contribution in [0.5, 0.6) is 0 Å². The van der Waals surface area contributed by atoms with Crippen molar-refractivity contribution in [1.82, 2.24) is 9.78 Å². The number of carbonyl (C=O) groups is 1. The summed E-state index contributed by atoms with van der Waals surface area (Å²) in [6.07, 6.45) is -2.70. The molecule has 0 atom stereocenters. The van der Waals surface area contributed by atoms with Crippen LogP contribution in [-0.2, 0) is 18.0 Å². The van der Waals surface area contributed by atoms with E-state index >= 15 is 0 Å². The van der Waals surface area contributed by atoms with Gasteiger partial charge in [0.05, 0.1) is 16.7 Å². The van der Waals surface area contributed by atoms with Crippen molar-refractivity contribution in [2.45, 2.75) is 57.0 Å². The third-order valence-corrected chi connectivity index (χ3v) is 6.16. The number of hydrogen-bond acceptors (Lipinski definition) is 2. The zero-order valence-electron chi connectivity index (χ0n) is 16.6. The largest absolute Gasteiger partial charge is 0.416 e. The number of rotatable bonds is 4. The van der Waals surface area contributed by atoms with E-state index < -0.39 is 41.8 Å². The molecule has 162 valence electrons. The predicted molar refractivity (Wildman–Crippen MR) is 101 cm³/mol. The first-order valence-corrected chi connectivity index (χ1v) is 9.83. The molecular weight excluding hydrogens is 405 g/mol. The Morgan fingerprint density at radius 1 is 1.17 bits per heavy atom. The van der Waals surface area contributed by atoms with Crippen molar-refractivity contribution in [2.24, 2.45) is 12.5 Å². The molecule has 2 fully saturated rings. The van der Waals surface area contributed by atoms with Crippen molar-refractivity contribution in [3.8, 4) is 11.3 Å². The summed E-state index contributed by atoms with van der Waals surface area (Å²) in [7, 11) is 1.66. The molecule has 2 aliphatic carbocycles. The van der Waals surface area contributed by atoms with E-state index in [-0.39, 0.29) is 5.92 Å². The summed E-state index contributed by atoms with van der Waals surface area (Å²) in [6, 6.07) is 4.81. The van der Waals surface area contributed by atoms with Gasteiger partial charge < -0.3 is 5.32 Å². The molecule has 0 spiro atoms. The molecule has 4 rings (SSSR count). The van der Waals surface area contributed by atoms with Gasteiger partial charge >= 0.3 is 6.18 Å². The van der Waals surface area contributed by atoms with E-state index in [1.165, 1.54) is 23.7 Å². The molecule has 30 heavy (non-hydrogen) atoms. The topological polar surface area (TPSA) is 46.9 Å². The first kappa shape index (κ1) is 20.8. The van der Waals surface area contributed by atoms with Gasteiger partial charge in [0.25, 0.3) is 0 Å². The van der Waals surface area contributed by atoms with Gasteiger partial charge in [-0.2, -0.15) is 18.3 Å². The van der Waals surface area contributed by atoms with Crippen LogP contribution in [-0.4, -0.2) is 21.6 Å². The Labute approximate surface area is 170 Å². The van der Waals surface area contributed by atoms with Gasteiger partial charge in [0.2, 0.25) is 11.8 Å².